The van der Waals surface area contributed by atoms with Crippen molar-refractivity contribution in [3.8, 4) is 5.75 Å². The first-order chi connectivity index (χ1) is 13.2. The van der Waals surface area contributed by atoms with Crippen LogP contribution in [0.2, 0.25) is 0 Å². The number of H-pyrrole nitrogens is 1. The molecule has 6 nitrogen and oxygen atoms in total. The van der Waals surface area contributed by atoms with Gasteiger partial charge in [-0.25, -0.2) is 0 Å². The van der Waals surface area contributed by atoms with E-state index in [1.165, 1.54) is 0 Å². The zero-order valence-corrected chi connectivity index (χ0v) is 14.9. The van der Waals surface area contributed by atoms with E-state index in [0.717, 1.165) is 29.7 Å². The van der Waals surface area contributed by atoms with Gasteiger partial charge in [0.05, 0.1) is 25.9 Å². The van der Waals surface area contributed by atoms with Gasteiger partial charge in [-0.15, -0.1) is 0 Å². The maximum Gasteiger partial charge on any atom is 0.270 e. The van der Waals surface area contributed by atoms with Crippen LogP contribution in [-0.2, 0) is 4.74 Å². The minimum atomic E-state index is -0.274. The molecule has 1 aromatic carbocycles. The molecule has 4 heterocycles. The summed E-state index contributed by atoms with van der Waals surface area (Å²) in [5, 5.41) is 1.05. The van der Waals surface area contributed by atoms with Crippen LogP contribution in [0, 0.1) is 5.92 Å². The number of rotatable bonds is 4. The summed E-state index contributed by atoms with van der Waals surface area (Å²) < 4.78 is 11.9. The quantitative estimate of drug-likeness (QED) is 0.774. The van der Waals surface area contributed by atoms with Crippen LogP contribution < -0.4 is 4.74 Å². The minimum Gasteiger partial charge on any atom is -0.492 e. The molecule has 5 rings (SSSR count). The molecule has 1 atom stereocenters. The van der Waals surface area contributed by atoms with Crippen molar-refractivity contribution in [1.29, 1.82) is 0 Å². The molecule has 27 heavy (non-hydrogen) atoms. The normalized spacial score (nSPS) is 20.7. The fourth-order valence-corrected chi connectivity index (χ4v) is 4.10. The number of hydrogen-bond acceptors (Lipinski definition) is 4. The summed E-state index contributed by atoms with van der Waals surface area (Å²) in [7, 11) is 0. The summed E-state index contributed by atoms with van der Waals surface area (Å²) in [6.07, 6.45) is 4.40. The Hall–Kier alpha value is -2.86. The molecule has 1 N–H and O–H groups in total. The van der Waals surface area contributed by atoms with Crippen LogP contribution in [0.25, 0.3) is 10.9 Å². The first kappa shape index (κ1) is 16.3. The predicted octanol–water partition coefficient (Wildman–Crippen LogP) is 2.87. The predicted molar refractivity (Wildman–Crippen MR) is 101 cm³/mol. The zero-order valence-electron chi connectivity index (χ0n) is 14.9. The van der Waals surface area contributed by atoms with E-state index in [1.54, 1.807) is 12.4 Å². The van der Waals surface area contributed by atoms with Crippen LogP contribution in [0.1, 0.15) is 16.9 Å². The number of fused-ring (bicyclic) bond motifs is 1. The van der Waals surface area contributed by atoms with Crippen molar-refractivity contribution in [2.24, 2.45) is 5.92 Å². The molecule has 6 heteroatoms. The molecular weight excluding hydrogens is 342 g/mol. The monoisotopic (exact) mass is 363 g/mol. The number of likely N-dealkylation sites (tertiary alicyclic amines) is 1. The molecule has 0 unspecified atom stereocenters. The summed E-state index contributed by atoms with van der Waals surface area (Å²) in [6, 6.07) is 13.6. The third kappa shape index (κ3) is 2.86. The third-order valence-electron chi connectivity index (χ3n) is 5.65. The van der Waals surface area contributed by atoms with Gasteiger partial charge >= 0.3 is 0 Å². The molecule has 1 amide bonds. The Bertz CT molecular complexity index is 930. The van der Waals surface area contributed by atoms with Gasteiger partial charge in [-0.3, -0.25) is 9.78 Å². The van der Waals surface area contributed by atoms with E-state index in [2.05, 4.69) is 9.97 Å². The lowest BCUT2D eigenvalue weighted by molar-refractivity contribution is -0.122. The van der Waals surface area contributed by atoms with Crippen LogP contribution in [0.5, 0.6) is 5.75 Å². The molecule has 2 aliphatic rings. The zero-order chi connectivity index (χ0) is 18.3. The van der Waals surface area contributed by atoms with Gasteiger partial charge < -0.3 is 19.4 Å². The summed E-state index contributed by atoms with van der Waals surface area (Å²) in [5.41, 5.74) is 1.34. The van der Waals surface area contributed by atoms with Gasteiger partial charge in [-0.1, -0.05) is 18.2 Å². The van der Waals surface area contributed by atoms with Crippen molar-refractivity contribution >= 4 is 16.8 Å². The highest BCUT2D eigenvalue weighted by atomic mass is 16.5. The van der Waals surface area contributed by atoms with Crippen molar-refractivity contribution < 1.29 is 14.3 Å². The number of nitrogens with zero attached hydrogens (tertiary/aromatic N) is 2. The van der Waals surface area contributed by atoms with Crippen LogP contribution in [0.4, 0.5) is 0 Å². The number of para-hydroxylation sites is 1. The van der Waals surface area contributed by atoms with Crippen molar-refractivity contribution in [1.82, 2.24) is 14.9 Å². The van der Waals surface area contributed by atoms with E-state index in [1.807, 2.05) is 47.4 Å². The highest BCUT2D eigenvalue weighted by Gasteiger charge is 2.54. The van der Waals surface area contributed by atoms with Gasteiger partial charge in [-0.2, -0.15) is 0 Å². The van der Waals surface area contributed by atoms with Gasteiger partial charge in [0.25, 0.3) is 5.91 Å². The number of benzene rings is 1. The Kier molecular flexibility index (Phi) is 3.86. The van der Waals surface area contributed by atoms with Crippen molar-refractivity contribution in [3.05, 3.63) is 60.6 Å². The second-order valence-corrected chi connectivity index (χ2v) is 7.33. The van der Waals surface area contributed by atoms with E-state index >= 15 is 0 Å². The number of carbonyl (C=O) groups excluding carboxylic acids is 1. The van der Waals surface area contributed by atoms with Crippen LogP contribution in [-0.4, -0.2) is 52.7 Å². The number of hydrogen-bond donors (Lipinski definition) is 1. The van der Waals surface area contributed by atoms with E-state index in [0.29, 0.717) is 25.4 Å². The first-order valence-corrected chi connectivity index (χ1v) is 9.27. The lowest BCUT2D eigenvalue weighted by atomic mass is 9.81. The molecule has 2 aromatic heterocycles. The molecule has 3 aromatic rings. The molecule has 2 saturated heterocycles. The Morgan fingerprint density at radius 3 is 3.00 bits per heavy atom. The topological polar surface area (TPSA) is 67.5 Å². The molecule has 0 aliphatic carbocycles. The van der Waals surface area contributed by atoms with E-state index in [-0.39, 0.29) is 17.4 Å². The number of aromatic nitrogens is 2. The lowest BCUT2D eigenvalue weighted by Crippen LogP contribution is -2.66. The summed E-state index contributed by atoms with van der Waals surface area (Å²) in [5.74, 6) is 1.08. The van der Waals surface area contributed by atoms with Crippen molar-refractivity contribution in [3.63, 3.8) is 0 Å². The maximum atomic E-state index is 12.8. The molecule has 2 aliphatic heterocycles. The number of aromatic amines is 1. The summed E-state index contributed by atoms with van der Waals surface area (Å²) in [6.45, 7) is 2.53. The van der Waals surface area contributed by atoms with Gasteiger partial charge in [0.2, 0.25) is 0 Å². The summed E-state index contributed by atoms with van der Waals surface area (Å²) >= 11 is 0. The van der Waals surface area contributed by atoms with Gasteiger partial charge in [-0.05, 0) is 30.7 Å². The molecule has 1 spiro atoms. The maximum absolute atomic E-state index is 12.8. The van der Waals surface area contributed by atoms with Crippen molar-refractivity contribution in [2.75, 3.05) is 26.3 Å². The smallest absolute Gasteiger partial charge is 0.270 e. The Labute approximate surface area is 157 Å². The first-order valence-electron chi connectivity index (χ1n) is 9.27. The molecule has 0 saturated carbocycles. The number of ether oxygens (including phenoxy) is 2. The van der Waals surface area contributed by atoms with Gasteiger partial charge in [0.1, 0.15) is 17.0 Å². The number of pyridine rings is 1. The van der Waals surface area contributed by atoms with Crippen LogP contribution in [0.15, 0.2) is 54.9 Å². The molecule has 2 fully saturated rings. The van der Waals surface area contributed by atoms with Crippen molar-refractivity contribution in [2.45, 2.75) is 12.0 Å². The van der Waals surface area contributed by atoms with Gasteiger partial charge in [0.15, 0.2) is 0 Å². The third-order valence-corrected chi connectivity index (χ3v) is 5.65. The lowest BCUT2D eigenvalue weighted by Gasteiger charge is -2.49. The number of carbonyl (C=O) groups is 1. The van der Waals surface area contributed by atoms with Gasteiger partial charge in [0, 0.05) is 29.6 Å². The Morgan fingerprint density at radius 2 is 2.19 bits per heavy atom. The Balaban J connectivity index is 1.24. The second-order valence-electron chi connectivity index (χ2n) is 7.33. The van der Waals surface area contributed by atoms with E-state index in [9.17, 15) is 4.79 Å². The fourth-order valence-electron chi connectivity index (χ4n) is 4.10. The number of amides is 1. The summed E-state index contributed by atoms with van der Waals surface area (Å²) in [4.78, 5) is 22.0. The minimum absolute atomic E-state index is 0.0271. The molecule has 138 valence electrons. The molecule has 0 radical (unpaired) electrons. The highest BCUT2D eigenvalue weighted by Crippen LogP contribution is 2.40. The van der Waals surface area contributed by atoms with Crippen LogP contribution in [0.3, 0.4) is 0 Å². The number of nitrogens with one attached hydrogen (secondary N) is 1. The SMILES string of the molecule is O=C(c1cc2ccccc2[nH]1)N1CC2(C1)OCC[C@@H]2COc1cccnc1. The van der Waals surface area contributed by atoms with E-state index < -0.39 is 0 Å². The second kappa shape index (κ2) is 6.39. The average molecular weight is 363 g/mol. The largest absolute Gasteiger partial charge is 0.492 e. The van der Waals surface area contributed by atoms with Crippen LogP contribution >= 0.6 is 0 Å². The molecular formula is C21H21N3O3. The highest BCUT2D eigenvalue weighted by molar-refractivity contribution is 5.98. The molecule has 0 bridgehead atoms. The average Bonchev–Trinajstić information content (AvgIpc) is 3.29. The standard InChI is InChI=1S/C21H21N3O3/c25-20(19-10-15-4-1-2-6-18(15)23-19)24-13-21(14-24)16(7-9-27-21)12-26-17-5-3-8-22-11-17/h1-6,8,10-11,16,23H,7,9,12-14H2/t16-/m1/s1. The fraction of sp³-hybridized carbons (Fsp3) is 0.333. The Morgan fingerprint density at radius 1 is 1.30 bits per heavy atom. The van der Waals surface area contributed by atoms with E-state index in [4.69, 9.17) is 9.47 Å².